The maximum atomic E-state index is 12.6. The average molecular weight is 409 g/mol. The first-order valence-corrected chi connectivity index (χ1v) is 10.2. The van der Waals surface area contributed by atoms with E-state index < -0.39 is 39.7 Å². The van der Waals surface area contributed by atoms with Gasteiger partial charge in [0.1, 0.15) is 11.9 Å². The van der Waals surface area contributed by atoms with Gasteiger partial charge in [0.2, 0.25) is 0 Å². The van der Waals surface area contributed by atoms with E-state index in [2.05, 4.69) is 5.32 Å². The van der Waals surface area contributed by atoms with Crippen LogP contribution in [0.5, 0.6) is 0 Å². The molecule has 0 bridgehead atoms. The Morgan fingerprint density at radius 1 is 1.19 bits per heavy atom. The van der Waals surface area contributed by atoms with Crippen molar-refractivity contribution in [1.82, 2.24) is 5.32 Å². The van der Waals surface area contributed by atoms with Crippen molar-refractivity contribution in [3.63, 3.8) is 0 Å². The number of carbonyl (C=O) groups is 1. The standard InChI is InChI=1S/C17H22F3NO5S/c18-17(19,20)13-8-6-12(7-9-13)16(22)26-15(11-27(23,24)25)10-21-14-4-2-1-3-5-14/h6-9,14-15,21H,1-5,10-11H2,(H,23,24,25). The van der Waals surface area contributed by atoms with Gasteiger partial charge in [-0.25, -0.2) is 4.79 Å². The Kier molecular flexibility index (Phi) is 7.24. The van der Waals surface area contributed by atoms with Crippen LogP contribution in [0, 0.1) is 0 Å². The fraction of sp³-hybridized carbons (Fsp3) is 0.588. The second kappa shape index (κ2) is 9.03. The lowest BCUT2D eigenvalue weighted by atomic mass is 9.95. The van der Waals surface area contributed by atoms with E-state index in [0.29, 0.717) is 0 Å². The topological polar surface area (TPSA) is 92.7 Å². The zero-order valence-electron chi connectivity index (χ0n) is 14.5. The molecule has 27 heavy (non-hydrogen) atoms. The predicted octanol–water partition coefficient (Wildman–Crippen LogP) is 3.04. The Bertz CT molecular complexity index is 728. The summed E-state index contributed by atoms with van der Waals surface area (Å²) in [6.45, 7) is 0.0246. The number of alkyl halides is 3. The third kappa shape index (κ3) is 7.47. The number of rotatable bonds is 7. The lowest BCUT2D eigenvalue weighted by Gasteiger charge is -2.25. The molecule has 0 heterocycles. The van der Waals surface area contributed by atoms with Crippen molar-refractivity contribution in [1.29, 1.82) is 0 Å². The van der Waals surface area contributed by atoms with Crippen LogP contribution in [-0.4, -0.2) is 43.4 Å². The minimum absolute atomic E-state index is 0.0246. The number of halogens is 3. The zero-order valence-corrected chi connectivity index (χ0v) is 15.4. The monoisotopic (exact) mass is 409 g/mol. The highest BCUT2D eigenvalue weighted by atomic mass is 32.2. The van der Waals surface area contributed by atoms with Gasteiger partial charge >= 0.3 is 12.1 Å². The summed E-state index contributed by atoms with van der Waals surface area (Å²) in [5, 5.41) is 3.13. The summed E-state index contributed by atoms with van der Waals surface area (Å²) < 4.78 is 74.2. The molecular formula is C17H22F3NO5S. The Labute approximate surface area is 155 Å². The summed E-state index contributed by atoms with van der Waals surface area (Å²) in [7, 11) is -4.40. The van der Waals surface area contributed by atoms with Crippen molar-refractivity contribution in [2.24, 2.45) is 0 Å². The normalized spacial score (nSPS) is 17.5. The summed E-state index contributed by atoms with van der Waals surface area (Å²) in [6, 6.07) is 3.59. The van der Waals surface area contributed by atoms with Gasteiger partial charge in [0.15, 0.2) is 0 Å². The van der Waals surface area contributed by atoms with E-state index in [0.717, 1.165) is 56.4 Å². The maximum absolute atomic E-state index is 12.6. The summed E-state index contributed by atoms with van der Waals surface area (Å²) in [4.78, 5) is 12.1. The van der Waals surface area contributed by atoms with Crippen LogP contribution in [0.15, 0.2) is 24.3 Å². The summed E-state index contributed by atoms with van der Waals surface area (Å²) in [5.41, 5.74) is -1.05. The van der Waals surface area contributed by atoms with E-state index >= 15 is 0 Å². The molecule has 1 aromatic rings. The summed E-state index contributed by atoms with van der Waals surface area (Å²) >= 11 is 0. The van der Waals surface area contributed by atoms with Crippen LogP contribution < -0.4 is 5.32 Å². The van der Waals surface area contributed by atoms with Gasteiger partial charge in [-0.3, -0.25) is 4.55 Å². The van der Waals surface area contributed by atoms with Crippen LogP contribution in [0.3, 0.4) is 0 Å². The van der Waals surface area contributed by atoms with Gasteiger partial charge in [-0.1, -0.05) is 19.3 Å². The Morgan fingerprint density at radius 3 is 2.30 bits per heavy atom. The molecule has 1 saturated carbocycles. The molecule has 10 heteroatoms. The molecular weight excluding hydrogens is 387 g/mol. The first-order valence-electron chi connectivity index (χ1n) is 8.61. The van der Waals surface area contributed by atoms with E-state index in [9.17, 15) is 26.4 Å². The van der Waals surface area contributed by atoms with Crippen molar-refractivity contribution < 1.29 is 35.7 Å². The number of esters is 1. The number of hydrogen-bond donors (Lipinski definition) is 2. The highest BCUT2D eigenvalue weighted by Crippen LogP contribution is 2.29. The first kappa shape index (κ1) is 21.6. The maximum Gasteiger partial charge on any atom is 0.416 e. The van der Waals surface area contributed by atoms with Crippen molar-refractivity contribution >= 4 is 16.1 Å². The van der Waals surface area contributed by atoms with E-state index in [-0.39, 0.29) is 18.2 Å². The third-order valence-corrected chi connectivity index (χ3v) is 5.15. The van der Waals surface area contributed by atoms with Crippen LogP contribution in [-0.2, 0) is 21.0 Å². The molecule has 2 N–H and O–H groups in total. The van der Waals surface area contributed by atoms with E-state index in [1.54, 1.807) is 0 Å². The van der Waals surface area contributed by atoms with Crippen molar-refractivity contribution in [3.8, 4) is 0 Å². The van der Waals surface area contributed by atoms with Gasteiger partial charge in [0, 0.05) is 12.6 Å². The Balaban J connectivity index is 2.00. The molecule has 2 rings (SSSR count). The molecule has 1 unspecified atom stereocenters. The predicted molar refractivity (Wildman–Crippen MR) is 91.9 cm³/mol. The Hall–Kier alpha value is -1.65. The van der Waals surface area contributed by atoms with Crippen molar-refractivity contribution in [3.05, 3.63) is 35.4 Å². The average Bonchev–Trinajstić information content (AvgIpc) is 2.58. The zero-order chi connectivity index (χ0) is 20.1. The molecule has 152 valence electrons. The van der Waals surface area contributed by atoms with Gasteiger partial charge < -0.3 is 10.1 Å². The minimum Gasteiger partial charge on any atom is -0.456 e. The van der Waals surface area contributed by atoms with E-state index in [1.165, 1.54) is 0 Å². The van der Waals surface area contributed by atoms with Gasteiger partial charge in [0.25, 0.3) is 10.1 Å². The van der Waals surface area contributed by atoms with Gasteiger partial charge in [-0.05, 0) is 37.1 Å². The number of nitrogens with one attached hydrogen (secondary N) is 1. The molecule has 0 spiro atoms. The molecule has 6 nitrogen and oxygen atoms in total. The number of ether oxygens (including phenoxy) is 1. The van der Waals surface area contributed by atoms with Crippen LogP contribution in [0.4, 0.5) is 13.2 Å². The second-order valence-corrected chi connectivity index (χ2v) is 8.09. The smallest absolute Gasteiger partial charge is 0.416 e. The first-order chi connectivity index (χ1) is 12.5. The molecule has 1 atom stereocenters. The number of carbonyl (C=O) groups excluding carboxylic acids is 1. The molecule has 0 aliphatic heterocycles. The third-order valence-electron chi connectivity index (χ3n) is 4.36. The minimum atomic E-state index is -4.53. The lowest BCUT2D eigenvalue weighted by Crippen LogP contribution is -2.41. The molecule has 1 aliphatic carbocycles. The van der Waals surface area contributed by atoms with Crippen LogP contribution in [0.2, 0.25) is 0 Å². The van der Waals surface area contributed by atoms with Crippen molar-refractivity contribution in [2.45, 2.75) is 50.4 Å². The van der Waals surface area contributed by atoms with Crippen molar-refractivity contribution in [2.75, 3.05) is 12.3 Å². The SMILES string of the molecule is O=C(OC(CNC1CCCCC1)CS(=O)(=O)O)c1ccc(C(F)(F)F)cc1. The molecule has 1 fully saturated rings. The van der Waals surface area contributed by atoms with Crippen LogP contribution >= 0.6 is 0 Å². The molecule has 1 aromatic carbocycles. The fourth-order valence-corrected chi connectivity index (χ4v) is 3.64. The quantitative estimate of drug-likeness (QED) is 0.531. The molecule has 0 amide bonds. The van der Waals surface area contributed by atoms with Gasteiger partial charge in [-0.2, -0.15) is 21.6 Å². The molecule has 0 radical (unpaired) electrons. The fourth-order valence-electron chi connectivity index (χ4n) is 2.99. The Morgan fingerprint density at radius 2 is 1.78 bits per heavy atom. The molecule has 0 aromatic heterocycles. The summed E-state index contributed by atoms with van der Waals surface area (Å²) in [5.74, 6) is -1.75. The van der Waals surface area contributed by atoms with E-state index in [1.807, 2.05) is 0 Å². The highest BCUT2D eigenvalue weighted by molar-refractivity contribution is 7.85. The summed E-state index contributed by atoms with van der Waals surface area (Å²) in [6.07, 6.45) is -0.610. The highest BCUT2D eigenvalue weighted by Gasteiger charge is 2.30. The number of hydrogen-bond acceptors (Lipinski definition) is 5. The molecule has 1 aliphatic rings. The largest absolute Gasteiger partial charge is 0.456 e. The van der Waals surface area contributed by atoms with Crippen LogP contribution in [0.25, 0.3) is 0 Å². The molecule has 0 saturated heterocycles. The van der Waals surface area contributed by atoms with Crippen LogP contribution in [0.1, 0.15) is 48.0 Å². The van der Waals surface area contributed by atoms with E-state index in [4.69, 9.17) is 9.29 Å². The van der Waals surface area contributed by atoms with Gasteiger partial charge in [-0.15, -0.1) is 0 Å². The van der Waals surface area contributed by atoms with Gasteiger partial charge in [0.05, 0.1) is 11.1 Å². The number of benzene rings is 1. The lowest BCUT2D eigenvalue weighted by molar-refractivity contribution is -0.137. The second-order valence-electron chi connectivity index (χ2n) is 6.59.